The third-order valence-electron chi connectivity index (χ3n) is 4.66. The highest BCUT2D eigenvalue weighted by molar-refractivity contribution is 5.87. The van der Waals surface area contributed by atoms with Crippen LogP contribution < -0.4 is 4.90 Å². The quantitative estimate of drug-likeness (QED) is 0.672. The number of anilines is 1. The summed E-state index contributed by atoms with van der Waals surface area (Å²) in [5.41, 5.74) is 0.638. The maximum Gasteiger partial charge on any atom is 0.416 e. The smallest absolute Gasteiger partial charge is 0.416 e. The molecule has 1 fully saturated rings. The summed E-state index contributed by atoms with van der Waals surface area (Å²) in [6, 6.07) is 4.45. The van der Waals surface area contributed by atoms with E-state index in [1.807, 2.05) is 26.8 Å². The number of carbonyl (C=O) groups is 1. The fourth-order valence-electron chi connectivity index (χ4n) is 3.53. The lowest BCUT2D eigenvalue weighted by Gasteiger charge is -2.31. The lowest BCUT2D eigenvalue weighted by atomic mass is 10.0. The normalized spacial score (nSPS) is 18.1. The van der Waals surface area contributed by atoms with E-state index in [0.717, 1.165) is 37.3 Å². The molecule has 0 spiro atoms. The Morgan fingerprint density at radius 3 is 2.77 bits per heavy atom. The van der Waals surface area contributed by atoms with Gasteiger partial charge in [-0.05, 0) is 65.6 Å². The number of unbranched alkanes of at least 4 members (excludes halogenated alkanes) is 1. The monoisotopic (exact) mass is 361 g/mol. The molecule has 26 heavy (non-hydrogen) atoms. The molecule has 0 aliphatic carbocycles. The number of hydrogen-bond acceptors (Lipinski definition) is 4. The minimum atomic E-state index is -0.515. The lowest BCUT2D eigenvalue weighted by molar-refractivity contribution is 0.0578. The number of amides is 1. The zero-order valence-electron chi connectivity index (χ0n) is 17.1. The van der Waals surface area contributed by atoms with Crippen LogP contribution in [0.25, 0.3) is 0 Å². The van der Waals surface area contributed by atoms with Crippen LogP contribution in [0, 0.1) is 0 Å². The van der Waals surface area contributed by atoms with Gasteiger partial charge in [-0.3, -0.25) is 9.80 Å². The number of nitrogens with zero attached hydrogens (tertiary/aromatic N) is 3. The Morgan fingerprint density at radius 2 is 2.12 bits per heavy atom. The molecule has 0 aromatic carbocycles. The number of pyridine rings is 1. The maximum atomic E-state index is 12.8. The van der Waals surface area contributed by atoms with Gasteiger partial charge in [0.2, 0.25) is 0 Å². The van der Waals surface area contributed by atoms with Gasteiger partial charge >= 0.3 is 6.09 Å². The summed E-state index contributed by atoms with van der Waals surface area (Å²) in [5.74, 6) is 0.761. The van der Waals surface area contributed by atoms with E-state index in [1.54, 1.807) is 11.1 Å². The van der Waals surface area contributed by atoms with E-state index in [2.05, 4.69) is 29.8 Å². The van der Waals surface area contributed by atoms with Crippen LogP contribution in [0.2, 0.25) is 0 Å². The van der Waals surface area contributed by atoms with Crippen molar-refractivity contribution in [3.63, 3.8) is 0 Å². The van der Waals surface area contributed by atoms with Crippen molar-refractivity contribution in [2.75, 3.05) is 24.5 Å². The van der Waals surface area contributed by atoms with Gasteiger partial charge in [0.25, 0.3) is 0 Å². The molecule has 0 bridgehead atoms. The number of hydrogen-bond donors (Lipinski definition) is 0. The molecule has 1 aromatic rings. The van der Waals surface area contributed by atoms with Crippen molar-refractivity contribution in [1.29, 1.82) is 0 Å². The minimum absolute atomic E-state index is 0.308. The maximum absolute atomic E-state index is 12.8. The molecular formula is C21H35N3O2. The van der Waals surface area contributed by atoms with Crippen LogP contribution in [-0.2, 0) is 4.74 Å². The average Bonchev–Trinajstić information content (AvgIpc) is 3.04. The molecule has 146 valence electrons. The molecule has 1 aliphatic heterocycles. The van der Waals surface area contributed by atoms with Crippen LogP contribution in [0.5, 0.6) is 0 Å². The van der Waals surface area contributed by atoms with Crippen molar-refractivity contribution in [3.05, 3.63) is 23.9 Å². The van der Waals surface area contributed by atoms with Crippen LogP contribution in [0.4, 0.5) is 10.6 Å². The number of aromatic nitrogens is 1. The fraction of sp³-hybridized carbons (Fsp3) is 0.714. The third kappa shape index (κ3) is 5.44. The van der Waals surface area contributed by atoms with Gasteiger partial charge in [0.15, 0.2) is 0 Å². The van der Waals surface area contributed by atoms with Crippen molar-refractivity contribution in [1.82, 2.24) is 9.88 Å². The number of ether oxygens (including phenoxy) is 1. The summed E-state index contributed by atoms with van der Waals surface area (Å²) in [5, 5.41) is 0. The van der Waals surface area contributed by atoms with Crippen LogP contribution in [0.15, 0.2) is 18.3 Å². The summed E-state index contributed by atoms with van der Waals surface area (Å²) in [7, 11) is 0. The highest BCUT2D eigenvalue weighted by Gasteiger charge is 2.31. The molecular weight excluding hydrogens is 326 g/mol. The first-order chi connectivity index (χ1) is 12.4. The molecule has 0 radical (unpaired) electrons. The molecule has 2 heterocycles. The van der Waals surface area contributed by atoms with Crippen molar-refractivity contribution in [3.8, 4) is 0 Å². The van der Waals surface area contributed by atoms with Gasteiger partial charge in [-0.2, -0.15) is 0 Å². The number of likely N-dealkylation sites (tertiary alicyclic amines) is 1. The Bertz CT molecular complexity index is 583. The largest absolute Gasteiger partial charge is 0.443 e. The van der Waals surface area contributed by atoms with E-state index in [0.29, 0.717) is 12.6 Å². The zero-order valence-corrected chi connectivity index (χ0v) is 17.1. The second-order valence-electron chi connectivity index (χ2n) is 8.10. The van der Waals surface area contributed by atoms with E-state index in [4.69, 9.17) is 4.74 Å². The van der Waals surface area contributed by atoms with Gasteiger partial charge in [-0.1, -0.05) is 26.3 Å². The van der Waals surface area contributed by atoms with Crippen molar-refractivity contribution in [2.24, 2.45) is 0 Å². The molecule has 1 amide bonds. The third-order valence-corrected chi connectivity index (χ3v) is 4.66. The van der Waals surface area contributed by atoms with E-state index in [-0.39, 0.29) is 6.09 Å². The van der Waals surface area contributed by atoms with Gasteiger partial charge in [0.1, 0.15) is 11.4 Å². The highest BCUT2D eigenvalue weighted by Crippen LogP contribution is 2.36. The van der Waals surface area contributed by atoms with Crippen molar-refractivity contribution in [2.45, 2.75) is 78.4 Å². The lowest BCUT2D eigenvalue weighted by Crippen LogP contribution is -2.39. The standard InChI is InChI=1S/C21H35N3O2/c1-6-8-15-23-16-10-12-18(23)17-11-9-13-22-19(17)24(14-7-2)20(25)26-21(3,4)5/h9,11,13,18H,6-8,10,12,14-16H2,1-5H3/t18-/m1/s1. The molecule has 0 unspecified atom stereocenters. The summed E-state index contributed by atoms with van der Waals surface area (Å²) in [6.07, 6.45) is 7.05. The zero-order chi connectivity index (χ0) is 19.2. The molecule has 1 aromatic heterocycles. The van der Waals surface area contributed by atoms with E-state index in [1.165, 1.54) is 19.3 Å². The van der Waals surface area contributed by atoms with Crippen LogP contribution in [0.3, 0.4) is 0 Å². The van der Waals surface area contributed by atoms with Gasteiger partial charge in [0, 0.05) is 24.3 Å². The predicted octanol–water partition coefficient (Wildman–Crippen LogP) is 5.17. The van der Waals surface area contributed by atoms with E-state index in [9.17, 15) is 4.79 Å². The molecule has 1 saturated heterocycles. The van der Waals surface area contributed by atoms with Gasteiger partial charge in [0.05, 0.1) is 0 Å². The molecule has 1 aliphatic rings. The van der Waals surface area contributed by atoms with Crippen LogP contribution >= 0.6 is 0 Å². The molecule has 0 saturated carbocycles. The number of carbonyl (C=O) groups excluding carboxylic acids is 1. The van der Waals surface area contributed by atoms with E-state index >= 15 is 0 Å². The van der Waals surface area contributed by atoms with Crippen LogP contribution in [-0.4, -0.2) is 41.2 Å². The first-order valence-corrected chi connectivity index (χ1v) is 10.1. The van der Waals surface area contributed by atoms with Gasteiger partial charge in [-0.25, -0.2) is 9.78 Å². The SMILES string of the molecule is CCCCN1CCC[C@@H]1c1cccnc1N(CCC)C(=O)OC(C)(C)C. The van der Waals surface area contributed by atoms with Crippen LogP contribution in [0.1, 0.15) is 78.3 Å². The second kappa shape index (κ2) is 9.36. The Balaban J connectivity index is 2.31. The summed E-state index contributed by atoms with van der Waals surface area (Å²) in [6.45, 7) is 12.8. The highest BCUT2D eigenvalue weighted by atomic mass is 16.6. The minimum Gasteiger partial charge on any atom is -0.443 e. The Hall–Kier alpha value is -1.62. The molecule has 0 N–H and O–H groups in total. The second-order valence-corrected chi connectivity index (χ2v) is 8.10. The van der Waals surface area contributed by atoms with Gasteiger partial charge < -0.3 is 4.74 Å². The fourth-order valence-corrected chi connectivity index (χ4v) is 3.53. The summed E-state index contributed by atoms with van der Waals surface area (Å²) >= 11 is 0. The molecule has 2 rings (SSSR count). The Morgan fingerprint density at radius 1 is 1.35 bits per heavy atom. The predicted molar refractivity (Wildman–Crippen MR) is 107 cm³/mol. The first kappa shape index (κ1) is 20.7. The molecule has 1 atom stereocenters. The topological polar surface area (TPSA) is 45.7 Å². The van der Waals surface area contributed by atoms with Gasteiger partial charge in [-0.15, -0.1) is 0 Å². The Labute approximate surface area is 158 Å². The Kier molecular flexibility index (Phi) is 7.44. The summed E-state index contributed by atoms with van der Waals surface area (Å²) < 4.78 is 5.65. The van der Waals surface area contributed by atoms with E-state index < -0.39 is 5.60 Å². The number of rotatable bonds is 7. The van der Waals surface area contributed by atoms with Crippen molar-refractivity contribution >= 4 is 11.9 Å². The molecule has 5 heteroatoms. The summed E-state index contributed by atoms with van der Waals surface area (Å²) in [4.78, 5) is 21.7. The molecule has 5 nitrogen and oxygen atoms in total. The average molecular weight is 362 g/mol. The van der Waals surface area contributed by atoms with Crippen molar-refractivity contribution < 1.29 is 9.53 Å². The first-order valence-electron chi connectivity index (χ1n) is 10.1.